The summed E-state index contributed by atoms with van der Waals surface area (Å²) in [5.74, 6) is 1.40. The molecule has 0 atom stereocenters. The van der Waals surface area contributed by atoms with Crippen LogP contribution in [0.25, 0.3) is 0 Å². The second-order valence-electron chi connectivity index (χ2n) is 5.81. The highest BCUT2D eigenvalue weighted by molar-refractivity contribution is 7.88. The number of nitrogens with two attached hydrogens (primary N) is 1. The van der Waals surface area contributed by atoms with Gasteiger partial charge >= 0.3 is 0 Å². The Balaban J connectivity index is 2.37. The van der Waals surface area contributed by atoms with Crippen molar-refractivity contribution in [3.05, 3.63) is 47.5 Å². The van der Waals surface area contributed by atoms with Crippen molar-refractivity contribution in [2.75, 3.05) is 33.3 Å². The van der Waals surface area contributed by atoms with Gasteiger partial charge in [0.05, 0.1) is 27.6 Å². The van der Waals surface area contributed by atoms with E-state index in [4.69, 9.17) is 19.9 Å². The summed E-state index contributed by atoms with van der Waals surface area (Å²) in [4.78, 5) is 0. The number of anilines is 1. The van der Waals surface area contributed by atoms with Crippen molar-refractivity contribution < 1.29 is 22.6 Å². The molecule has 8 heteroatoms. The topological polar surface area (TPSA) is 91.1 Å². The molecule has 0 aliphatic rings. The zero-order chi connectivity index (χ0) is 19.3. The molecule has 2 rings (SSSR count). The summed E-state index contributed by atoms with van der Waals surface area (Å²) < 4.78 is 41.9. The molecule has 0 fully saturated rings. The first-order chi connectivity index (χ1) is 12.3. The molecule has 0 aliphatic heterocycles. The minimum absolute atomic E-state index is 0.157. The summed E-state index contributed by atoms with van der Waals surface area (Å²) in [6, 6.07) is 10.6. The number of hydrogen-bond donors (Lipinski definition) is 1. The lowest BCUT2D eigenvalue weighted by Gasteiger charge is -2.22. The second kappa shape index (κ2) is 8.29. The maximum atomic E-state index is 12.3. The van der Waals surface area contributed by atoms with Gasteiger partial charge in [0.1, 0.15) is 0 Å². The first-order valence-corrected chi connectivity index (χ1v) is 9.71. The SMILES string of the molecule is COc1cc(CN(Cc2cccc(N)c2)S(C)(=O)=O)cc(OC)c1OC. The van der Waals surface area contributed by atoms with E-state index in [-0.39, 0.29) is 13.1 Å². The fraction of sp³-hybridized carbons (Fsp3) is 0.333. The number of nitrogen functional groups attached to an aromatic ring is 1. The molecule has 2 N–H and O–H groups in total. The average Bonchev–Trinajstić information content (AvgIpc) is 2.59. The molecule has 0 heterocycles. The number of sulfonamides is 1. The third-order valence-corrected chi connectivity index (χ3v) is 5.06. The van der Waals surface area contributed by atoms with Crippen molar-refractivity contribution in [3.8, 4) is 17.2 Å². The Kier molecular flexibility index (Phi) is 6.33. The molecule has 0 aromatic heterocycles. The van der Waals surface area contributed by atoms with E-state index in [0.29, 0.717) is 28.5 Å². The van der Waals surface area contributed by atoms with Gasteiger partial charge in [0.25, 0.3) is 0 Å². The molecular weight excluding hydrogens is 356 g/mol. The number of rotatable bonds is 8. The van der Waals surface area contributed by atoms with Gasteiger partial charge in [-0.1, -0.05) is 12.1 Å². The first kappa shape index (κ1) is 19.9. The van der Waals surface area contributed by atoms with E-state index in [1.165, 1.54) is 31.9 Å². The Morgan fingerprint density at radius 3 is 1.96 bits per heavy atom. The predicted molar refractivity (Wildman–Crippen MR) is 101 cm³/mol. The Hall–Kier alpha value is -2.45. The number of methoxy groups -OCH3 is 3. The van der Waals surface area contributed by atoms with Gasteiger partial charge in [-0.05, 0) is 35.4 Å². The highest BCUT2D eigenvalue weighted by atomic mass is 32.2. The molecule has 0 amide bonds. The first-order valence-electron chi connectivity index (χ1n) is 7.87. The lowest BCUT2D eigenvalue weighted by molar-refractivity contribution is 0.322. The minimum Gasteiger partial charge on any atom is -0.493 e. The van der Waals surface area contributed by atoms with Crippen molar-refractivity contribution >= 4 is 15.7 Å². The van der Waals surface area contributed by atoms with E-state index in [0.717, 1.165) is 5.56 Å². The van der Waals surface area contributed by atoms with E-state index in [9.17, 15) is 8.42 Å². The molecule has 0 radical (unpaired) electrons. The van der Waals surface area contributed by atoms with Crippen LogP contribution in [0, 0.1) is 0 Å². The zero-order valence-electron chi connectivity index (χ0n) is 15.4. The van der Waals surface area contributed by atoms with Gasteiger partial charge in [-0.15, -0.1) is 0 Å². The van der Waals surface area contributed by atoms with E-state index < -0.39 is 10.0 Å². The average molecular weight is 380 g/mol. The smallest absolute Gasteiger partial charge is 0.211 e. The second-order valence-corrected chi connectivity index (χ2v) is 7.79. The molecule has 0 spiro atoms. The van der Waals surface area contributed by atoms with Gasteiger partial charge in [0.15, 0.2) is 11.5 Å². The summed E-state index contributed by atoms with van der Waals surface area (Å²) in [6.45, 7) is 0.366. The lowest BCUT2D eigenvalue weighted by atomic mass is 10.1. The van der Waals surface area contributed by atoms with Crippen molar-refractivity contribution in [1.82, 2.24) is 4.31 Å². The fourth-order valence-electron chi connectivity index (χ4n) is 2.62. The largest absolute Gasteiger partial charge is 0.493 e. The zero-order valence-corrected chi connectivity index (χ0v) is 16.2. The molecule has 2 aromatic rings. The molecule has 0 unspecified atom stereocenters. The number of benzene rings is 2. The molecule has 7 nitrogen and oxygen atoms in total. The highest BCUT2D eigenvalue weighted by Crippen LogP contribution is 2.38. The number of hydrogen-bond acceptors (Lipinski definition) is 6. The van der Waals surface area contributed by atoms with Gasteiger partial charge in [0.2, 0.25) is 15.8 Å². The summed E-state index contributed by atoms with van der Waals surface area (Å²) >= 11 is 0. The molecule has 0 saturated carbocycles. The van der Waals surface area contributed by atoms with Crippen LogP contribution in [0.5, 0.6) is 17.2 Å². The monoisotopic (exact) mass is 380 g/mol. The molecule has 26 heavy (non-hydrogen) atoms. The number of ether oxygens (including phenoxy) is 3. The maximum Gasteiger partial charge on any atom is 0.211 e. The van der Waals surface area contributed by atoms with Crippen molar-refractivity contribution in [1.29, 1.82) is 0 Å². The van der Waals surface area contributed by atoms with Gasteiger partial charge < -0.3 is 19.9 Å². The van der Waals surface area contributed by atoms with E-state index >= 15 is 0 Å². The van der Waals surface area contributed by atoms with Gasteiger partial charge in [0, 0.05) is 18.8 Å². The fourth-order valence-corrected chi connectivity index (χ4v) is 3.38. The van der Waals surface area contributed by atoms with Gasteiger partial charge in [-0.25, -0.2) is 8.42 Å². The van der Waals surface area contributed by atoms with Crippen molar-refractivity contribution in [3.63, 3.8) is 0 Å². The molecule has 142 valence electrons. The summed E-state index contributed by atoms with van der Waals surface area (Å²) in [7, 11) is 1.10. The predicted octanol–water partition coefficient (Wildman–Crippen LogP) is 2.26. The van der Waals surface area contributed by atoms with Crippen LogP contribution in [-0.4, -0.2) is 40.3 Å². The van der Waals surface area contributed by atoms with Crippen molar-refractivity contribution in [2.45, 2.75) is 13.1 Å². The van der Waals surface area contributed by atoms with Gasteiger partial charge in [-0.2, -0.15) is 4.31 Å². The van der Waals surface area contributed by atoms with E-state index in [1.807, 2.05) is 6.07 Å². The summed E-state index contributed by atoms with van der Waals surface area (Å²) in [5, 5.41) is 0. The van der Waals surface area contributed by atoms with Gasteiger partial charge in [-0.3, -0.25) is 0 Å². The summed E-state index contributed by atoms with van der Waals surface area (Å²) in [6.07, 6.45) is 1.18. The highest BCUT2D eigenvalue weighted by Gasteiger charge is 2.20. The van der Waals surface area contributed by atoms with Crippen LogP contribution in [0.2, 0.25) is 0 Å². The van der Waals surface area contributed by atoms with E-state index in [2.05, 4.69) is 0 Å². The minimum atomic E-state index is -3.45. The third kappa shape index (κ3) is 4.80. The van der Waals surface area contributed by atoms with Crippen LogP contribution >= 0.6 is 0 Å². The molecule has 2 aromatic carbocycles. The Bertz CT molecular complexity index is 843. The van der Waals surface area contributed by atoms with Crippen LogP contribution in [0.3, 0.4) is 0 Å². The molecule has 0 saturated heterocycles. The molecular formula is C18H24N2O5S. The Morgan fingerprint density at radius 1 is 0.923 bits per heavy atom. The van der Waals surface area contributed by atoms with Crippen LogP contribution in [0.1, 0.15) is 11.1 Å². The third-order valence-electron chi connectivity index (χ3n) is 3.86. The van der Waals surface area contributed by atoms with Crippen LogP contribution < -0.4 is 19.9 Å². The molecule has 0 aliphatic carbocycles. The number of nitrogens with zero attached hydrogens (tertiary/aromatic N) is 1. The quantitative estimate of drug-likeness (QED) is 0.707. The normalized spacial score (nSPS) is 11.4. The van der Waals surface area contributed by atoms with Crippen molar-refractivity contribution in [2.24, 2.45) is 0 Å². The van der Waals surface area contributed by atoms with Crippen LogP contribution in [-0.2, 0) is 23.1 Å². The van der Waals surface area contributed by atoms with Crippen LogP contribution in [0.15, 0.2) is 36.4 Å². The van der Waals surface area contributed by atoms with Crippen LogP contribution in [0.4, 0.5) is 5.69 Å². The maximum absolute atomic E-state index is 12.3. The Morgan fingerprint density at radius 2 is 1.50 bits per heavy atom. The molecule has 0 bridgehead atoms. The summed E-state index contributed by atoms with van der Waals surface area (Å²) in [5.41, 5.74) is 7.90. The Labute approximate surface area is 154 Å². The van der Waals surface area contributed by atoms with E-state index in [1.54, 1.807) is 30.3 Å². The lowest BCUT2D eigenvalue weighted by Crippen LogP contribution is -2.29. The standard InChI is InChI=1S/C18H24N2O5S/c1-23-16-9-14(10-17(24-2)18(16)25-3)12-20(26(4,21)22)11-13-6-5-7-15(19)8-13/h5-10H,11-12,19H2,1-4H3.